The van der Waals surface area contributed by atoms with Crippen LogP contribution in [0.1, 0.15) is 35.1 Å². The Morgan fingerprint density at radius 3 is 2.84 bits per heavy atom. The molecule has 0 aromatic heterocycles. The number of fused-ring (bicyclic) bond motifs is 1. The summed E-state index contributed by atoms with van der Waals surface area (Å²) in [5.41, 5.74) is 6.65. The molecule has 0 fully saturated rings. The number of carbonyl (C=O) groups is 1. The zero-order valence-electron chi connectivity index (χ0n) is 14.9. The Morgan fingerprint density at radius 1 is 1.28 bits per heavy atom. The average molecular weight is 338 g/mol. The first kappa shape index (κ1) is 17.5. The minimum absolute atomic E-state index is 0.256. The Bertz CT molecular complexity index is 779. The smallest absolute Gasteiger partial charge is 0.217 e. The third kappa shape index (κ3) is 3.86. The fraction of sp³-hybridized carbons (Fsp3) is 0.350. The second-order valence-electron chi connectivity index (χ2n) is 6.75. The lowest BCUT2D eigenvalue weighted by Crippen LogP contribution is -2.27. The Labute approximate surface area is 149 Å². The van der Waals surface area contributed by atoms with E-state index in [1.807, 2.05) is 6.07 Å². The van der Waals surface area contributed by atoms with Crippen molar-refractivity contribution in [2.24, 2.45) is 0 Å². The van der Waals surface area contributed by atoms with E-state index in [0.717, 1.165) is 24.9 Å². The van der Waals surface area contributed by atoms with Crippen molar-refractivity contribution in [3.8, 4) is 0 Å². The highest BCUT2D eigenvalue weighted by atomic mass is 19.1. The molecule has 25 heavy (non-hydrogen) atoms. The van der Waals surface area contributed by atoms with E-state index in [9.17, 15) is 9.18 Å². The van der Waals surface area contributed by atoms with Crippen LogP contribution in [0.3, 0.4) is 0 Å². The molecule has 0 saturated carbocycles. The van der Waals surface area contributed by atoms with E-state index in [1.165, 1.54) is 34.9 Å². The Balaban J connectivity index is 1.73. The minimum atomic E-state index is -0.256. The number of halogens is 1. The van der Waals surface area contributed by atoms with Crippen molar-refractivity contribution in [1.82, 2.24) is 0 Å². The van der Waals surface area contributed by atoms with Crippen LogP contribution in [0.4, 0.5) is 15.8 Å². The number of rotatable bonds is 6. The summed E-state index contributed by atoms with van der Waals surface area (Å²) >= 11 is 0. The zero-order chi connectivity index (χ0) is 17.8. The molecule has 3 nitrogen and oxygen atoms in total. The van der Waals surface area contributed by atoms with Crippen LogP contribution in [0.5, 0.6) is 0 Å². The monoisotopic (exact) mass is 338 g/mol. The van der Waals surface area contributed by atoms with Crippen LogP contribution in [0, 0.1) is 12.7 Å². The van der Waals surface area contributed by atoms with E-state index in [0.29, 0.717) is 24.9 Å². The van der Waals surface area contributed by atoms with Gasteiger partial charge in [0.15, 0.2) is 0 Å². The standard InChI is InChI=1S/C20H24BFN2O/c1-14-17(7-6-16-4-2-10-24(21)20(14)16)13-23-18-9-8-15(5-3-11-25)19(22)12-18/h6-9,11-12,23H,2-5,10,13,21H2,1H3. The molecule has 1 N–H and O–H groups in total. The van der Waals surface area contributed by atoms with Crippen LogP contribution in [-0.2, 0) is 24.2 Å². The van der Waals surface area contributed by atoms with Gasteiger partial charge in [0, 0.05) is 30.9 Å². The maximum Gasteiger partial charge on any atom is 0.217 e. The summed E-state index contributed by atoms with van der Waals surface area (Å²) < 4.78 is 14.1. The summed E-state index contributed by atoms with van der Waals surface area (Å²) in [6, 6.07) is 9.55. The molecular weight excluding hydrogens is 314 g/mol. The number of carbonyl (C=O) groups excluding carboxylic acids is 1. The molecule has 1 aliphatic rings. The van der Waals surface area contributed by atoms with E-state index >= 15 is 0 Å². The summed E-state index contributed by atoms with van der Waals surface area (Å²) in [6.45, 7) is 3.93. The lowest BCUT2D eigenvalue weighted by atomic mass is 9.93. The van der Waals surface area contributed by atoms with Gasteiger partial charge in [-0.15, -0.1) is 0 Å². The lowest BCUT2D eigenvalue weighted by Gasteiger charge is -2.31. The van der Waals surface area contributed by atoms with Crippen molar-refractivity contribution in [1.29, 1.82) is 0 Å². The number of nitrogens with zero attached hydrogens (tertiary/aromatic N) is 1. The van der Waals surface area contributed by atoms with Crippen molar-refractivity contribution < 1.29 is 9.18 Å². The molecule has 0 amide bonds. The van der Waals surface area contributed by atoms with Crippen molar-refractivity contribution >= 4 is 25.6 Å². The first-order valence-electron chi connectivity index (χ1n) is 8.88. The van der Waals surface area contributed by atoms with Crippen LogP contribution in [0.2, 0.25) is 0 Å². The lowest BCUT2D eigenvalue weighted by molar-refractivity contribution is -0.107. The van der Waals surface area contributed by atoms with Gasteiger partial charge in [-0.3, -0.25) is 0 Å². The molecule has 0 atom stereocenters. The number of anilines is 2. The molecule has 0 bridgehead atoms. The predicted molar refractivity (Wildman–Crippen MR) is 104 cm³/mol. The van der Waals surface area contributed by atoms with Crippen molar-refractivity contribution in [2.75, 3.05) is 16.7 Å². The summed E-state index contributed by atoms with van der Waals surface area (Å²) in [4.78, 5) is 12.8. The first-order valence-corrected chi connectivity index (χ1v) is 8.88. The van der Waals surface area contributed by atoms with Gasteiger partial charge in [-0.25, -0.2) is 4.39 Å². The van der Waals surface area contributed by atoms with Crippen LogP contribution in [0.15, 0.2) is 30.3 Å². The third-order valence-corrected chi connectivity index (χ3v) is 5.02. The average Bonchev–Trinajstić information content (AvgIpc) is 2.60. The fourth-order valence-corrected chi connectivity index (χ4v) is 3.61. The number of nitrogens with one attached hydrogen (secondary N) is 1. The molecule has 3 rings (SSSR count). The van der Waals surface area contributed by atoms with Crippen LogP contribution in [0.25, 0.3) is 0 Å². The summed E-state index contributed by atoms with van der Waals surface area (Å²) in [6.07, 6.45) is 3.97. The molecule has 0 unspecified atom stereocenters. The third-order valence-electron chi connectivity index (χ3n) is 5.02. The number of aryl methyl sites for hydroxylation is 2. The molecule has 0 saturated heterocycles. The van der Waals surface area contributed by atoms with Gasteiger partial charge in [0.05, 0.1) is 0 Å². The van der Waals surface area contributed by atoms with Crippen LogP contribution < -0.4 is 10.1 Å². The molecule has 0 aliphatic carbocycles. The first-order chi connectivity index (χ1) is 12.1. The van der Waals surface area contributed by atoms with Gasteiger partial charge in [-0.2, -0.15) is 0 Å². The molecule has 1 heterocycles. The zero-order valence-corrected chi connectivity index (χ0v) is 14.9. The summed E-state index contributed by atoms with van der Waals surface area (Å²) in [7, 11) is 2.15. The van der Waals surface area contributed by atoms with Gasteiger partial charge in [0.1, 0.15) is 12.1 Å². The van der Waals surface area contributed by atoms with Gasteiger partial charge < -0.3 is 14.9 Å². The van der Waals surface area contributed by atoms with E-state index in [1.54, 1.807) is 6.07 Å². The highest BCUT2D eigenvalue weighted by Crippen LogP contribution is 2.31. The molecule has 2 aromatic rings. The normalized spacial score (nSPS) is 13.4. The van der Waals surface area contributed by atoms with E-state index < -0.39 is 0 Å². The van der Waals surface area contributed by atoms with Crippen molar-refractivity contribution in [3.63, 3.8) is 0 Å². The fourth-order valence-electron chi connectivity index (χ4n) is 3.61. The number of aldehydes is 1. The molecule has 5 heteroatoms. The van der Waals surface area contributed by atoms with Crippen molar-refractivity contribution in [2.45, 2.75) is 39.2 Å². The SMILES string of the molecule is BN1CCCc2ccc(CNc3ccc(CCC=O)c(F)c3)c(C)c21. The highest BCUT2D eigenvalue weighted by Gasteiger charge is 2.17. The molecule has 2 aromatic carbocycles. The molecule has 130 valence electrons. The summed E-state index contributed by atoms with van der Waals surface area (Å²) in [5.74, 6) is -0.256. The topological polar surface area (TPSA) is 32.3 Å². The minimum Gasteiger partial charge on any atom is -0.421 e. The largest absolute Gasteiger partial charge is 0.421 e. The second-order valence-corrected chi connectivity index (χ2v) is 6.75. The quantitative estimate of drug-likeness (QED) is 0.649. The van der Waals surface area contributed by atoms with E-state index in [-0.39, 0.29) is 5.82 Å². The van der Waals surface area contributed by atoms with Crippen LogP contribution in [-0.4, -0.2) is 20.8 Å². The number of hydrogen-bond donors (Lipinski definition) is 1. The Hall–Kier alpha value is -2.30. The number of hydrogen-bond acceptors (Lipinski definition) is 3. The molecular formula is C20H24BFN2O. The van der Waals surface area contributed by atoms with Gasteiger partial charge in [0.2, 0.25) is 7.98 Å². The van der Waals surface area contributed by atoms with Crippen LogP contribution >= 0.6 is 0 Å². The number of benzene rings is 2. The molecule has 0 spiro atoms. The maximum absolute atomic E-state index is 14.1. The maximum atomic E-state index is 14.1. The van der Waals surface area contributed by atoms with Gasteiger partial charge >= 0.3 is 0 Å². The Morgan fingerprint density at radius 2 is 2.08 bits per heavy atom. The van der Waals surface area contributed by atoms with Crippen molar-refractivity contribution in [3.05, 3.63) is 58.4 Å². The van der Waals surface area contributed by atoms with Gasteiger partial charge in [-0.1, -0.05) is 18.2 Å². The second kappa shape index (κ2) is 7.73. The summed E-state index contributed by atoms with van der Waals surface area (Å²) in [5, 5.41) is 3.32. The van der Waals surface area contributed by atoms with Gasteiger partial charge in [-0.05, 0) is 60.6 Å². The highest BCUT2D eigenvalue weighted by molar-refractivity contribution is 6.18. The van der Waals surface area contributed by atoms with Gasteiger partial charge in [0.25, 0.3) is 0 Å². The predicted octanol–water partition coefficient (Wildman–Crippen LogP) is 3.18. The molecule has 0 radical (unpaired) electrons. The molecule has 1 aliphatic heterocycles. The van der Waals surface area contributed by atoms with E-state index in [4.69, 9.17) is 0 Å². The van der Waals surface area contributed by atoms with E-state index in [2.05, 4.69) is 37.2 Å². The Kier molecular flexibility index (Phi) is 5.42.